The number of nitrogens with zero attached hydrogens (tertiary/aromatic N) is 1. The van der Waals surface area contributed by atoms with Crippen LogP contribution >= 0.6 is 0 Å². The van der Waals surface area contributed by atoms with Gasteiger partial charge in [0.15, 0.2) is 0 Å². The Balaban J connectivity index is 2.43. The molecule has 0 spiro atoms. The highest BCUT2D eigenvalue weighted by molar-refractivity contribution is 5.50. The van der Waals surface area contributed by atoms with Crippen molar-refractivity contribution in [2.75, 3.05) is 5.73 Å². The highest BCUT2D eigenvalue weighted by atomic mass is 14.5. The van der Waals surface area contributed by atoms with E-state index in [4.69, 9.17) is 11.0 Å². The Morgan fingerprint density at radius 3 is 2.67 bits per heavy atom. The van der Waals surface area contributed by atoms with Gasteiger partial charge in [-0.25, -0.2) is 0 Å². The van der Waals surface area contributed by atoms with E-state index in [0.29, 0.717) is 17.2 Å². The van der Waals surface area contributed by atoms with Crippen molar-refractivity contribution in [3.05, 3.63) is 29.3 Å². The van der Waals surface area contributed by atoms with Crippen LogP contribution in [0.2, 0.25) is 0 Å². The predicted octanol–water partition coefficient (Wildman–Crippen LogP) is 2.02. The van der Waals surface area contributed by atoms with Gasteiger partial charge in [-0.15, -0.1) is 0 Å². The van der Waals surface area contributed by atoms with Crippen molar-refractivity contribution in [3.8, 4) is 6.07 Å². The molecule has 1 aromatic rings. The third-order valence-corrected chi connectivity index (χ3v) is 2.16. The lowest BCUT2D eigenvalue weighted by Crippen LogP contribution is -1.89. The number of nitrogen functional groups attached to an aromatic ring is 1. The fourth-order valence-corrected chi connectivity index (χ4v) is 1.39. The maximum atomic E-state index is 8.68. The van der Waals surface area contributed by atoms with Gasteiger partial charge in [0.05, 0.1) is 11.6 Å². The highest BCUT2D eigenvalue weighted by Crippen LogP contribution is 2.40. The summed E-state index contributed by atoms with van der Waals surface area (Å²) >= 11 is 0. The summed E-state index contributed by atoms with van der Waals surface area (Å²) in [6.07, 6.45) is 2.49. The zero-order valence-electron chi connectivity index (χ0n) is 6.75. The molecule has 12 heavy (non-hydrogen) atoms. The van der Waals surface area contributed by atoms with Gasteiger partial charge in [-0.2, -0.15) is 5.26 Å². The maximum Gasteiger partial charge on any atom is 0.0992 e. The molecule has 2 heteroatoms. The third kappa shape index (κ3) is 1.26. The second-order valence-corrected chi connectivity index (χ2v) is 3.27. The van der Waals surface area contributed by atoms with Gasteiger partial charge in [0, 0.05) is 5.69 Å². The summed E-state index contributed by atoms with van der Waals surface area (Å²) in [7, 11) is 0. The molecule has 2 rings (SSSR count). The van der Waals surface area contributed by atoms with Crippen LogP contribution in [0.3, 0.4) is 0 Å². The van der Waals surface area contributed by atoms with Gasteiger partial charge in [-0.3, -0.25) is 0 Å². The second kappa shape index (κ2) is 2.53. The van der Waals surface area contributed by atoms with E-state index < -0.39 is 0 Å². The third-order valence-electron chi connectivity index (χ3n) is 2.16. The van der Waals surface area contributed by atoms with Crippen molar-refractivity contribution in [1.29, 1.82) is 5.26 Å². The molecule has 0 heterocycles. The molecule has 1 fully saturated rings. The predicted molar refractivity (Wildman–Crippen MR) is 47.5 cm³/mol. The van der Waals surface area contributed by atoms with Crippen LogP contribution < -0.4 is 5.73 Å². The van der Waals surface area contributed by atoms with Crippen LogP contribution in [0.25, 0.3) is 0 Å². The number of nitriles is 1. The Hall–Kier alpha value is -1.49. The molecule has 0 radical (unpaired) electrons. The molecule has 1 aliphatic carbocycles. The van der Waals surface area contributed by atoms with E-state index in [2.05, 4.69) is 6.07 Å². The van der Waals surface area contributed by atoms with Gasteiger partial charge in [0.1, 0.15) is 0 Å². The summed E-state index contributed by atoms with van der Waals surface area (Å²) in [6.45, 7) is 0. The monoisotopic (exact) mass is 158 g/mol. The molecule has 0 saturated heterocycles. The molecule has 0 bridgehead atoms. The standard InChI is InChI=1S/C10H10N2/c11-6-7-3-9(8-1-2-8)5-10(12)4-7/h3-5,8H,1-2,12H2. The van der Waals surface area contributed by atoms with Crippen molar-refractivity contribution >= 4 is 5.69 Å². The number of nitrogens with two attached hydrogens (primary N) is 1. The SMILES string of the molecule is N#Cc1cc(N)cc(C2CC2)c1. The zero-order valence-corrected chi connectivity index (χ0v) is 6.75. The largest absolute Gasteiger partial charge is 0.399 e. The molecule has 2 nitrogen and oxygen atoms in total. The molecule has 1 saturated carbocycles. The van der Waals surface area contributed by atoms with Gasteiger partial charge in [-0.1, -0.05) is 0 Å². The van der Waals surface area contributed by atoms with E-state index in [-0.39, 0.29) is 0 Å². The first kappa shape index (κ1) is 7.17. The summed E-state index contributed by atoms with van der Waals surface area (Å²) in [5.74, 6) is 0.667. The Morgan fingerprint density at radius 1 is 1.33 bits per heavy atom. The summed E-state index contributed by atoms with van der Waals surface area (Å²) < 4.78 is 0. The quantitative estimate of drug-likeness (QED) is 0.635. The number of benzene rings is 1. The molecule has 60 valence electrons. The lowest BCUT2D eigenvalue weighted by atomic mass is 10.1. The maximum absolute atomic E-state index is 8.68. The molecule has 0 atom stereocenters. The topological polar surface area (TPSA) is 49.8 Å². The lowest BCUT2D eigenvalue weighted by Gasteiger charge is -2.00. The van der Waals surface area contributed by atoms with Crippen LogP contribution in [0.15, 0.2) is 18.2 Å². The Labute approximate surface area is 71.6 Å². The highest BCUT2D eigenvalue weighted by Gasteiger charge is 2.23. The van der Waals surface area contributed by atoms with Crippen molar-refractivity contribution < 1.29 is 0 Å². The van der Waals surface area contributed by atoms with Crippen molar-refractivity contribution in [2.24, 2.45) is 0 Å². The van der Waals surface area contributed by atoms with Crippen molar-refractivity contribution in [1.82, 2.24) is 0 Å². The summed E-state index contributed by atoms with van der Waals surface area (Å²) in [4.78, 5) is 0. The fourth-order valence-electron chi connectivity index (χ4n) is 1.39. The molecular weight excluding hydrogens is 148 g/mol. The Bertz CT molecular complexity index is 345. The van der Waals surface area contributed by atoms with Crippen molar-refractivity contribution in [3.63, 3.8) is 0 Å². The molecule has 0 aromatic heterocycles. The van der Waals surface area contributed by atoms with Crippen LogP contribution in [0.5, 0.6) is 0 Å². The Kier molecular flexibility index (Phi) is 1.51. The molecule has 1 aliphatic rings. The minimum absolute atomic E-state index is 0.667. The van der Waals surface area contributed by atoms with Crippen LogP contribution in [-0.4, -0.2) is 0 Å². The van der Waals surface area contributed by atoms with Crippen molar-refractivity contribution in [2.45, 2.75) is 18.8 Å². The van der Waals surface area contributed by atoms with E-state index in [1.165, 1.54) is 18.4 Å². The lowest BCUT2D eigenvalue weighted by molar-refractivity contribution is 1.13. The molecular formula is C10H10N2. The summed E-state index contributed by atoms with van der Waals surface area (Å²) in [5, 5.41) is 8.68. The number of hydrogen-bond donors (Lipinski definition) is 1. The van der Waals surface area contributed by atoms with E-state index in [0.717, 1.165) is 0 Å². The van der Waals surface area contributed by atoms with Crippen LogP contribution in [0.4, 0.5) is 5.69 Å². The van der Waals surface area contributed by atoms with Crippen LogP contribution in [0, 0.1) is 11.3 Å². The normalized spacial score (nSPS) is 15.6. The first-order valence-electron chi connectivity index (χ1n) is 4.10. The van der Waals surface area contributed by atoms with Crippen LogP contribution in [-0.2, 0) is 0 Å². The summed E-state index contributed by atoms with van der Waals surface area (Å²) in [5.41, 5.74) is 8.26. The summed E-state index contributed by atoms with van der Waals surface area (Å²) in [6, 6.07) is 7.73. The van der Waals surface area contributed by atoms with E-state index in [1.807, 2.05) is 12.1 Å². The fraction of sp³-hybridized carbons (Fsp3) is 0.300. The van der Waals surface area contributed by atoms with Gasteiger partial charge < -0.3 is 5.73 Å². The average Bonchev–Trinajstić information content (AvgIpc) is 2.85. The Morgan fingerprint density at radius 2 is 2.08 bits per heavy atom. The number of rotatable bonds is 1. The molecule has 0 unspecified atom stereocenters. The molecule has 0 aliphatic heterocycles. The average molecular weight is 158 g/mol. The molecule has 0 amide bonds. The zero-order chi connectivity index (χ0) is 8.55. The van der Waals surface area contributed by atoms with Gasteiger partial charge in [0.25, 0.3) is 0 Å². The van der Waals surface area contributed by atoms with E-state index in [1.54, 1.807) is 6.07 Å². The van der Waals surface area contributed by atoms with E-state index >= 15 is 0 Å². The van der Waals surface area contributed by atoms with Gasteiger partial charge >= 0.3 is 0 Å². The molecule has 2 N–H and O–H groups in total. The molecule has 1 aromatic carbocycles. The second-order valence-electron chi connectivity index (χ2n) is 3.27. The first-order chi connectivity index (χ1) is 5.79. The van der Waals surface area contributed by atoms with E-state index in [9.17, 15) is 0 Å². The van der Waals surface area contributed by atoms with Gasteiger partial charge in [-0.05, 0) is 42.5 Å². The number of hydrogen-bond acceptors (Lipinski definition) is 2. The first-order valence-corrected chi connectivity index (χ1v) is 4.10. The number of anilines is 1. The van der Waals surface area contributed by atoms with Gasteiger partial charge in [0.2, 0.25) is 0 Å². The van der Waals surface area contributed by atoms with Crippen LogP contribution in [0.1, 0.15) is 29.9 Å². The minimum Gasteiger partial charge on any atom is -0.399 e. The minimum atomic E-state index is 0.667. The smallest absolute Gasteiger partial charge is 0.0992 e.